The van der Waals surface area contributed by atoms with Crippen LogP contribution in [0.4, 0.5) is 0 Å². The van der Waals surface area contributed by atoms with Crippen molar-refractivity contribution in [1.82, 2.24) is 4.98 Å². The second kappa shape index (κ2) is 4.26. The van der Waals surface area contributed by atoms with Gasteiger partial charge in [0, 0.05) is 0 Å². The van der Waals surface area contributed by atoms with E-state index in [2.05, 4.69) is 24.9 Å². The van der Waals surface area contributed by atoms with Crippen molar-refractivity contribution >= 4 is 11.1 Å². The Morgan fingerprint density at radius 1 is 1.38 bits per heavy atom. The highest BCUT2D eigenvalue weighted by Gasteiger charge is 2.14. The van der Waals surface area contributed by atoms with Gasteiger partial charge in [0.25, 0.3) is 0 Å². The minimum Gasteiger partial charge on any atom is -0.439 e. The number of hydrogen-bond acceptors (Lipinski definition) is 3. The molecule has 1 aromatic heterocycles. The normalized spacial score (nSPS) is 13.2. The Balaban J connectivity index is 2.47. The molecular weight excluding hydrogens is 200 g/mol. The standard InChI is InChI=1S/C13H18N2O/c1-4-5-10(14)13-15-11-7-8(2)6-9(3)12(11)16-13/h6-7,10H,4-5,14H2,1-3H3. The highest BCUT2D eigenvalue weighted by molar-refractivity contribution is 5.77. The molecule has 0 aliphatic carbocycles. The van der Waals surface area contributed by atoms with Gasteiger partial charge in [-0.3, -0.25) is 0 Å². The highest BCUT2D eigenvalue weighted by atomic mass is 16.3. The van der Waals surface area contributed by atoms with E-state index in [1.165, 1.54) is 5.56 Å². The van der Waals surface area contributed by atoms with Crippen LogP contribution in [0.15, 0.2) is 16.5 Å². The molecule has 16 heavy (non-hydrogen) atoms. The first kappa shape index (κ1) is 11.1. The summed E-state index contributed by atoms with van der Waals surface area (Å²) >= 11 is 0. The molecule has 0 amide bonds. The Labute approximate surface area is 95.7 Å². The Kier molecular flexibility index (Phi) is 2.97. The maximum Gasteiger partial charge on any atom is 0.212 e. The molecule has 0 radical (unpaired) electrons. The highest BCUT2D eigenvalue weighted by Crippen LogP contribution is 2.25. The zero-order valence-corrected chi connectivity index (χ0v) is 10.1. The number of nitrogens with zero attached hydrogens (tertiary/aromatic N) is 1. The van der Waals surface area contributed by atoms with Gasteiger partial charge in [-0.2, -0.15) is 0 Å². The van der Waals surface area contributed by atoms with Crippen molar-refractivity contribution in [2.75, 3.05) is 0 Å². The third-order valence-electron chi connectivity index (χ3n) is 2.75. The fraction of sp³-hybridized carbons (Fsp3) is 0.462. The van der Waals surface area contributed by atoms with Crippen molar-refractivity contribution in [3.8, 4) is 0 Å². The van der Waals surface area contributed by atoms with Crippen molar-refractivity contribution in [2.24, 2.45) is 5.73 Å². The summed E-state index contributed by atoms with van der Waals surface area (Å²) in [6.07, 6.45) is 1.95. The molecule has 1 atom stereocenters. The second-order valence-corrected chi connectivity index (χ2v) is 4.38. The molecular formula is C13H18N2O. The van der Waals surface area contributed by atoms with Crippen LogP contribution in [0, 0.1) is 13.8 Å². The molecule has 0 saturated heterocycles. The fourth-order valence-corrected chi connectivity index (χ4v) is 1.99. The first-order chi connectivity index (χ1) is 7.61. The molecule has 0 spiro atoms. The van der Waals surface area contributed by atoms with Crippen LogP contribution < -0.4 is 5.73 Å². The maximum absolute atomic E-state index is 6.00. The molecule has 1 heterocycles. The topological polar surface area (TPSA) is 52.0 Å². The monoisotopic (exact) mass is 218 g/mol. The van der Waals surface area contributed by atoms with Crippen molar-refractivity contribution in [1.29, 1.82) is 0 Å². The lowest BCUT2D eigenvalue weighted by Crippen LogP contribution is -2.09. The number of aromatic nitrogens is 1. The van der Waals surface area contributed by atoms with Crippen LogP contribution in [0.2, 0.25) is 0 Å². The van der Waals surface area contributed by atoms with Gasteiger partial charge in [-0.15, -0.1) is 0 Å². The molecule has 0 fully saturated rings. The van der Waals surface area contributed by atoms with Crippen molar-refractivity contribution in [3.05, 3.63) is 29.2 Å². The summed E-state index contributed by atoms with van der Waals surface area (Å²) in [5.41, 5.74) is 10.1. The quantitative estimate of drug-likeness (QED) is 0.860. The van der Waals surface area contributed by atoms with E-state index < -0.39 is 0 Å². The molecule has 0 saturated carbocycles. The van der Waals surface area contributed by atoms with Gasteiger partial charge in [-0.05, 0) is 37.5 Å². The molecule has 2 aromatic rings. The first-order valence-electron chi connectivity index (χ1n) is 5.75. The maximum atomic E-state index is 6.00. The van der Waals surface area contributed by atoms with E-state index in [0.29, 0.717) is 5.89 Å². The minimum absolute atomic E-state index is 0.0860. The average molecular weight is 218 g/mol. The SMILES string of the molecule is CCCC(N)c1nc2cc(C)cc(C)c2o1. The van der Waals surface area contributed by atoms with E-state index in [1.54, 1.807) is 0 Å². The van der Waals surface area contributed by atoms with E-state index in [0.717, 1.165) is 29.5 Å². The minimum atomic E-state index is -0.0860. The van der Waals surface area contributed by atoms with E-state index in [4.69, 9.17) is 10.2 Å². The average Bonchev–Trinajstić information content (AvgIpc) is 2.62. The molecule has 2 N–H and O–H groups in total. The number of aryl methyl sites for hydroxylation is 2. The fourth-order valence-electron chi connectivity index (χ4n) is 1.99. The van der Waals surface area contributed by atoms with Gasteiger partial charge < -0.3 is 10.2 Å². The molecule has 3 heteroatoms. The van der Waals surface area contributed by atoms with Crippen molar-refractivity contribution < 1.29 is 4.42 Å². The van der Waals surface area contributed by atoms with Crippen LogP contribution in [-0.4, -0.2) is 4.98 Å². The van der Waals surface area contributed by atoms with Crippen LogP contribution in [-0.2, 0) is 0 Å². The van der Waals surface area contributed by atoms with Gasteiger partial charge in [0.05, 0.1) is 6.04 Å². The van der Waals surface area contributed by atoms with E-state index in [-0.39, 0.29) is 6.04 Å². The Morgan fingerprint density at radius 3 is 2.81 bits per heavy atom. The van der Waals surface area contributed by atoms with Crippen LogP contribution in [0.25, 0.3) is 11.1 Å². The summed E-state index contributed by atoms with van der Waals surface area (Å²) in [5, 5.41) is 0. The van der Waals surface area contributed by atoms with Gasteiger partial charge in [-0.1, -0.05) is 19.4 Å². The molecule has 3 nitrogen and oxygen atoms in total. The number of hydrogen-bond donors (Lipinski definition) is 1. The van der Waals surface area contributed by atoms with Gasteiger partial charge in [0.2, 0.25) is 5.89 Å². The molecule has 0 bridgehead atoms. The van der Waals surface area contributed by atoms with Crippen LogP contribution >= 0.6 is 0 Å². The lowest BCUT2D eigenvalue weighted by molar-refractivity contribution is 0.455. The van der Waals surface area contributed by atoms with E-state index in [9.17, 15) is 0 Å². The Morgan fingerprint density at radius 2 is 2.12 bits per heavy atom. The van der Waals surface area contributed by atoms with Gasteiger partial charge in [0.15, 0.2) is 5.58 Å². The molecule has 0 aliphatic heterocycles. The molecule has 86 valence electrons. The lowest BCUT2D eigenvalue weighted by atomic mass is 10.1. The summed E-state index contributed by atoms with van der Waals surface area (Å²) in [5.74, 6) is 0.658. The Bertz CT molecular complexity index is 502. The number of nitrogens with two attached hydrogens (primary N) is 1. The summed E-state index contributed by atoms with van der Waals surface area (Å²) in [4.78, 5) is 4.46. The predicted octanol–water partition coefficient (Wildman–Crippen LogP) is 3.24. The molecule has 0 aliphatic rings. The second-order valence-electron chi connectivity index (χ2n) is 4.38. The third kappa shape index (κ3) is 1.95. The summed E-state index contributed by atoms with van der Waals surface area (Å²) in [6, 6.07) is 4.05. The largest absolute Gasteiger partial charge is 0.439 e. The summed E-state index contributed by atoms with van der Waals surface area (Å²) in [7, 11) is 0. The molecule has 1 aromatic carbocycles. The summed E-state index contributed by atoms with van der Waals surface area (Å²) < 4.78 is 5.73. The van der Waals surface area contributed by atoms with Gasteiger partial charge >= 0.3 is 0 Å². The van der Waals surface area contributed by atoms with Crippen LogP contribution in [0.5, 0.6) is 0 Å². The van der Waals surface area contributed by atoms with Crippen molar-refractivity contribution in [3.63, 3.8) is 0 Å². The summed E-state index contributed by atoms with van der Waals surface area (Å²) in [6.45, 7) is 6.21. The van der Waals surface area contributed by atoms with Crippen LogP contribution in [0.1, 0.15) is 42.8 Å². The Hall–Kier alpha value is -1.35. The predicted molar refractivity (Wildman–Crippen MR) is 65.3 cm³/mol. The van der Waals surface area contributed by atoms with Gasteiger partial charge in [0.1, 0.15) is 5.52 Å². The molecule has 1 unspecified atom stereocenters. The first-order valence-corrected chi connectivity index (χ1v) is 5.75. The van der Waals surface area contributed by atoms with E-state index >= 15 is 0 Å². The number of fused-ring (bicyclic) bond motifs is 1. The number of benzene rings is 1. The number of oxazole rings is 1. The zero-order valence-electron chi connectivity index (χ0n) is 10.1. The molecule has 2 rings (SSSR count). The number of rotatable bonds is 3. The zero-order chi connectivity index (χ0) is 11.7. The van der Waals surface area contributed by atoms with Crippen molar-refractivity contribution in [2.45, 2.75) is 39.7 Å². The van der Waals surface area contributed by atoms with Gasteiger partial charge in [-0.25, -0.2) is 4.98 Å². The van der Waals surface area contributed by atoms with E-state index in [1.807, 2.05) is 13.0 Å². The lowest BCUT2D eigenvalue weighted by Gasteiger charge is -2.03. The smallest absolute Gasteiger partial charge is 0.212 e. The van der Waals surface area contributed by atoms with Crippen LogP contribution in [0.3, 0.4) is 0 Å². The third-order valence-corrected chi connectivity index (χ3v) is 2.75.